The number of hydrogen-bond donors (Lipinski definition) is 2. The van der Waals surface area contributed by atoms with E-state index in [-0.39, 0.29) is 28.7 Å². The highest BCUT2D eigenvalue weighted by Crippen LogP contribution is 2.32. The average molecular weight is 507 g/mol. The number of benzene rings is 1. The standard InChI is InChI=1S/C20H33N3O2S.HI/c1-17(14-25-15-18-7-5-4-6-8-18)13-22-19(21-2)23-16-20(26-3)9-11-24-12-10-20;/h4-8,17H,9-16H2,1-3H3,(H2,21,22,23);1H. The third-order valence-electron chi connectivity index (χ3n) is 4.77. The summed E-state index contributed by atoms with van der Waals surface area (Å²) in [7, 11) is 1.82. The maximum atomic E-state index is 5.82. The van der Waals surface area contributed by atoms with Gasteiger partial charge < -0.3 is 20.1 Å². The molecule has 2 rings (SSSR count). The van der Waals surface area contributed by atoms with E-state index in [9.17, 15) is 0 Å². The Bertz CT molecular complexity index is 539. The van der Waals surface area contributed by atoms with Crippen LogP contribution in [-0.4, -0.2) is 56.9 Å². The van der Waals surface area contributed by atoms with Gasteiger partial charge in [0, 0.05) is 38.1 Å². The summed E-state index contributed by atoms with van der Waals surface area (Å²) in [6.45, 7) is 7.03. The molecule has 1 aliphatic rings. The van der Waals surface area contributed by atoms with Crippen LogP contribution in [0.5, 0.6) is 0 Å². The molecular weight excluding hydrogens is 473 g/mol. The number of nitrogens with zero attached hydrogens (tertiary/aromatic N) is 1. The van der Waals surface area contributed by atoms with Gasteiger partial charge in [-0.3, -0.25) is 4.99 Å². The van der Waals surface area contributed by atoms with Crippen LogP contribution in [0.2, 0.25) is 0 Å². The van der Waals surface area contributed by atoms with Gasteiger partial charge in [0.1, 0.15) is 0 Å². The SMILES string of the molecule is CN=C(NCC(C)COCc1ccccc1)NCC1(SC)CCOCC1.I. The minimum Gasteiger partial charge on any atom is -0.381 e. The van der Waals surface area contributed by atoms with Gasteiger partial charge in [0.25, 0.3) is 0 Å². The fourth-order valence-electron chi connectivity index (χ4n) is 2.94. The number of hydrogen-bond acceptors (Lipinski definition) is 4. The third-order valence-corrected chi connectivity index (χ3v) is 6.19. The first kappa shape index (κ1) is 24.5. The molecule has 27 heavy (non-hydrogen) atoms. The fourth-order valence-corrected chi connectivity index (χ4v) is 3.74. The van der Waals surface area contributed by atoms with Crippen molar-refractivity contribution in [2.24, 2.45) is 10.9 Å². The van der Waals surface area contributed by atoms with E-state index in [1.54, 1.807) is 0 Å². The Kier molecular flexibility index (Phi) is 12.4. The first-order valence-corrected chi connectivity index (χ1v) is 10.6. The molecule has 0 radical (unpaired) electrons. The summed E-state index contributed by atoms with van der Waals surface area (Å²) >= 11 is 1.93. The van der Waals surface area contributed by atoms with Crippen molar-refractivity contribution in [2.45, 2.75) is 31.1 Å². The van der Waals surface area contributed by atoms with Crippen molar-refractivity contribution < 1.29 is 9.47 Å². The van der Waals surface area contributed by atoms with E-state index in [2.05, 4.69) is 40.9 Å². The molecule has 1 fully saturated rings. The van der Waals surface area contributed by atoms with Crippen molar-refractivity contribution >= 4 is 41.7 Å². The summed E-state index contributed by atoms with van der Waals surface area (Å²) in [5, 5.41) is 6.91. The van der Waals surface area contributed by atoms with Gasteiger partial charge in [-0.15, -0.1) is 24.0 Å². The van der Waals surface area contributed by atoms with E-state index in [0.29, 0.717) is 12.5 Å². The summed E-state index contributed by atoms with van der Waals surface area (Å²) in [5.41, 5.74) is 1.21. The maximum Gasteiger partial charge on any atom is 0.191 e. The number of ether oxygens (including phenoxy) is 2. The molecule has 0 spiro atoms. The Morgan fingerprint density at radius 2 is 1.96 bits per heavy atom. The Labute approximate surface area is 185 Å². The molecule has 1 aromatic carbocycles. The monoisotopic (exact) mass is 507 g/mol. The number of guanidine groups is 1. The second-order valence-corrected chi connectivity index (χ2v) is 8.19. The highest BCUT2D eigenvalue weighted by molar-refractivity contribution is 14.0. The molecule has 1 heterocycles. The predicted molar refractivity (Wildman–Crippen MR) is 126 cm³/mol. The summed E-state index contributed by atoms with van der Waals surface area (Å²) in [5.74, 6) is 1.27. The summed E-state index contributed by atoms with van der Waals surface area (Å²) < 4.78 is 11.6. The molecule has 1 saturated heterocycles. The lowest BCUT2D eigenvalue weighted by Gasteiger charge is -2.36. The van der Waals surface area contributed by atoms with Crippen LogP contribution in [0, 0.1) is 5.92 Å². The molecule has 2 N–H and O–H groups in total. The van der Waals surface area contributed by atoms with Gasteiger partial charge in [0.05, 0.1) is 13.2 Å². The van der Waals surface area contributed by atoms with Gasteiger partial charge in [-0.05, 0) is 30.6 Å². The zero-order chi connectivity index (χ0) is 18.7. The zero-order valence-electron chi connectivity index (χ0n) is 16.7. The first-order valence-electron chi connectivity index (χ1n) is 9.36. The normalized spacial score (nSPS) is 17.7. The third kappa shape index (κ3) is 9.02. The molecule has 0 aromatic heterocycles. The van der Waals surface area contributed by atoms with Gasteiger partial charge in [-0.2, -0.15) is 11.8 Å². The van der Waals surface area contributed by atoms with Gasteiger partial charge >= 0.3 is 0 Å². The molecule has 1 atom stereocenters. The topological polar surface area (TPSA) is 54.9 Å². The van der Waals surface area contributed by atoms with Crippen molar-refractivity contribution in [3.63, 3.8) is 0 Å². The highest BCUT2D eigenvalue weighted by Gasteiger charge is 2.31. The van der Waals surface area contributed by atoms with E-state index in [0.717, 1.165) is 51.7 Å². The molecule has 0 aliphatic carbocycles. The lowest BCUT2D eigenvalue weighted by molar-refractivity contribution is 0.0782. The van der Waals surface area contributed by atoms with Crippen molar-refractivity contribution in [1.29, 1.82) is 0 Å². The summed E-state index contributed by atoms with van der Waals surface area (Å²) in [4.78, 5) is 4.35. The molecule has 0 amide bonds. The van der Waals surface area contributed by atoms with E-state index < -0.39 is 0 Å². The maximum absolute atomic E-state index is 5.82. The quantitative estimate of drug-likeness (QED) is 0.304. The number of halogens is 1. The molecule has 1 unspecified atom stereocenters. The first-order chi connectivity index (χ1) is 12.7. The average Bonchev–Trinajstić information content (AvgIpc) is 2.69. The van der Waals surface area contributed by atoms with Crippen molar-refractivity contribution in [3.05, 3.63) is 35.9 Å². The Balaban J connectivity index is 0.00000364. The Hall–Kier alpha value is -0.510. The molecule has 7 heteroatoms. The van der Waals surface area contributed by atoms with Crippen LogP contribution in [0.15, 0.2) is 35.3 Å². The van der Waals surface area contributed by atoms with E-state index in [1.807, 2.05) is 37.0 Å². The summed E-state index contributed by atoms with van der Waals surface area (Å²) in [6, 6.07) is 10.3. The largest absolute Gasteiger partial charge is 0.381 e. The van der Waals surface area contributed by atoms with Crippen LogP contribution < -0.4 is 10.6 Å². The minimum absolute atomic E-state index is 0. The van der Waals surface area contributed by atoms with Crippen LogP contribution in [-0.2, 0) is 16.1 Å². The molecule has 1 aliphatic heterocycles. The number of rotatable bonds is 9. The molecule has 1 aromatic rings. The van der Waals surface area contributed by atoms with Crippen molar-refractivity contribution in [3.8, 4) is 0 Å². The van der Waals surface area contributed by atoms with Gasteiger partial charge in [-0.1, -0.05) is 37.3 Å². The highest BCUT2D eigenvalue weighted by atomic mass is 127. The molecular formula is C20H34IN3O2S. The van der Waals surface area contributed by atoms with Gasteiger partial charge in [0.2, 0.25) is 0 Å². The second-order valence-electron chi connectivity index (χ2n) is 6.91. The van der Waals surface area contributed by atoms with Gasteiger partial charge in [-0.25, -0.2) is 0 Å². The van der Waals surface area contributed by atoms with E-state index in [1.165, 1.54) is 5.56 Å². The lowest BCUT2D eigenvalue weighted by atomic mass is 9.99. The number of thioether (sulfide) groups is 1. The minimum atomic E-state index is 0. The lowest BCUT2D eigenvalue weighted by Crippen LogP contribution is -2.48. The number of nitrogens with one attached hydrogen (secondary N) is 2. The summed E-state index contributed by atoms with van der Waals surface area (Å²) in [6.07, 6.45) is 4.36. The molecule has 0 bridgehead atoms. The smallest absolute Gasteiger partial charge is 0.191 e. The van der Waals surface area contributed by atoms with Crippen LogP contribution in [0.25, 0.3) is 0 Å². The number of aliphatic imine (C=N–C) groups is 1. The molecule has 154 valence electrons. The Morgan fingerprint density at radius 1 is 1.26 bits per heavy atom. The second kappa shape index (κ2) is 13.6. The molecule has 5 nitrogen and oxygen atoms in total. The Morgan fingerprint density at radius 3 is 2.59 bits per heavy atom. The molecule has 0 saturated carbocycles. The van der Waals surface area contributed by atoms with Crippen LogP contribution in [0.3, 0.4) is 0 Å². The van der Waals surface area contributed by atoms with Crippen molar-refractivity contribution in [2.75, 3.05) is 46.2 Å². The van der Waals surface area contributed by atoms with Gasteiger partial charge in [0.15, 0.2) is 5.96 Å². The van der Waals surface area contributed by atoms with E-state index >= 15 is 0 Å². The van der Waals surface area contributed by atoms with Crippen LogP contribution in [0.1, 0.15) is 25.3 Å². The zero-order valence-corrected chi connectivity index (χ0v) is 19.8. The van der Waals surface area contributed by atoms with Crippen LogP contribution >= 0.6 is 35.7 Å². The van der Waals surface area contributed by atoms with E-state index in [4.69, 9.17) is 9.47 Å². The predicted octanol–water partition coefficient (Wildman–Crippen LogP) is 3.53. The van der Waals surface area contributed by atoms with Crippen molar-refractivity contribution in [1.82, 2.24) is 10.6 Å². The fraction of sp³-hybridized carbons (Fsp3) is 0.650. The van der Waals surface area contributed by atoms with Crippen LogP contribution in [0.4, 0.5) is 0 Å².